The second-order valence-electron chi connectivity index (χ2n) is 9.20. The van der Waals surface area contributed by atoms with E-state index in [0.29, 0.717) is 38.3 Å². The standard InChI is InChI=1S/C24H33ClFN3O4/c1-24(17-30)8-12-27(16-21(24)31)9-2-10-28-13-14-29(11-7-23(28)33)22(32)6-4-18-3-5-20(26)19(25)15-18/h3-6,15,21,30-31H,2,7-14,16-17H2,1H3/t21-,24+/m0/s1. The summed E-state index contributed by atoms with van der Waals surface area (Å²) in [6, 6.07) is 4.26. The quantitative estimate of drug-likeness (QED) is 0.582. The molecule has 33 heavy (non-hydrogen) atoms. The van der Waals surface area contributed by atoms with Gasteiger partial charge in [-0.15, -0.1) is 0 Å². The molecule has 9 heteroatoms. The summed E-state index contributed by atoms with van der Waals surface area (Å²) < 4.78 is 13.3. The maximum atomic E-state index is 13.3. The maximum absolute atomic E-state index is 13.3. The average Bonchev–Trinajstić information content (AvgIpc) is 2.98. The van der Waals surface area contributed by atoms with Crippen molar-refractivity contribution in [3.8, 4) is 0 Å². The van der Waals surface area contributed by atoms with Crippen LogP contribution in [0.1, 0.15) is 31.7 Å². The van der Waals surface area contributed by atoms with Crippen LogP contribution < -0.4 is 0 Å². The van der Waals surface area contributed by atoms with Crippen LogP contribution in [0.2, 0.25) is 5.02 Å². The van der Waals surface area contributed by atoms with Crippen molar-refractivity contribution in [3.05, 3.63) is 40.7 Å². The zero-order valence-corrected chi connectivity index (χ0v) is 19.8. The number of aliphatic hydroxyl groups excluding tert-OH is 2. The van der Waals surface area contributed by atoms with Crippen LogP contribution in [-0.2, 0) is 9.59 Å². The first kappa shape index (κ1) is 25.6. The second-order valence-corrected chi connectivity index (χ2v) is 9.60. The molecule has 2 aliphatic heterocycles. The maximum Gasteiger partial charge on any atom is 0.246 e. The number of benzene rings is 1. The highest BCUT2D eigenvalue weighted by Crippen LogP contribution is 2.30. The summed E-state index contributed by atoms with van der Waals surface area (Å²) >= 11 is 5.78. The number of hydrogen-bond donors (Lipinski definition) is 2. The van der Waals surface area contributed by atoms with Gasteiger partial charge in [0.15, 0.2) is 0 Å². The summed E-state index contributed by atoms with van der Waals surface area (Å²) in [5, 5.41) is 19.8. The molecule has 7 nitrogen and oxygen atoms in total. The number of likely N-dealkylation sites (tertiary alicyclic amines) is 1. The van der Waals surface area contributed by atoms with Crippen LogP contribution >= 0.6 is 11.6 Å². The summed E-state index contributed by atoms with van der Waals surface area (Å²) in [6.45, 7) is 5.90. The Kier molecular flexibility index (Phi) is 8.87. The van der Waals surface area contributed by atoms with Crippen molar-refractivity contribution in [1.82, 2.24) is 14.7 Å². The third-order valence-corrected chi connectivity index (χ3v) is 7.05. The third kappa shape index (κ3) is 6.76. The van der Waals surface area contributed by atoms with Gasteiger partial charge < -0.3 is 24.9 Å². The summed E-state index contributed by atoms with van der Waals surface area (Å²) in [7, 11) is 0. The van der Waals surface area contributed by atoms with Gasteiger partial charge in [-0.05, 0) is 49.7 Å². The van der Waals surface area contributed by atoms with Crippen LogP contribution in [0.25, 0.3) is 6.08 Å². The monoisotopic (exact) mass is 481 g/mol. The van der Waals surface area contributed by atoms with Crippen LogP contribution in [0.3, 0.4) is 0 Å². The first-order valence-corrected chi connectivity index (χ1v) is 11.8. The fourth-order valence-electron chi connectivity index (χ4n) is 4.22. The van der Waals surface area contributed by atoms with Gasteiger partial charge >= 0.3 is 0 Å². The molecule has 0 bridgehead atoms. The predicted molar refractivity (Wildman–Crippen MR) is 125 cm³/mol. The zero-order valence-electron chi connectivity index (χ0n) is 19.1. The van der Waals surface area contributed by atoms with E-state index < -0.39 is 17.3 Å². The van der Waals surface area contributed by atoms with Gasteiger partial charge in [-0.25, -0.2) is 4.39 Å². The predicted octanol–water partition coefficient (Wildman–Crippen LogP) is 2.01. The van der Waals surface area contributed by atoms with Gasteiger partial charge in [0.1, 0.15) is 5.82 Å². The lowest BCUT2D eigenvalue weighted by Crippen LogP contribution is -2.51. The van der Waals surface area contributed by atoms with Crippen molar-refractivity contribution >= 4 is 29.5 Å². The number of rotatable bonds is 7. The molecule has 2 N–H and O–H groups in total. The van der Waals surface area contributed by atoms with Gasteiger partial charge in [0.25, 0.3) is 0 Å². The molecule has 0 unspecified atom stereocenters. The molecular formula is C24H33ClFN3O4. The normalized spacial score (nSPS) is 25.0. The fourth-order valence-corrected chi connectivity index (χ4v) is 4.41. The highest BCUT2D eigenvalue weighted by Gasteiger charge is 2.37. The van der Waals surface area contributed by atoms with Gasteiger partial charge in [-0.3, -0.25) is 9.59 Å². The number of carbonyl (C=O) groups excluding carboxylic acids is 2. The van der Waals surface area contributed by atoms with Crippen molar-refractivity contribution in [2.75, 3.05) is 52.4 Å². The third-order valence-electron chi connectivity index (χ3n) is 6.76. The molecule has 2 heterocycles. The number of carbonyl (C=O) groups is 2. The Labute approximate surface area is 199 Å². The van der Waals surface area contributed by atoms with Crippen LogP contribution in [0.4, 0.5) is 4.39 Å². The molecule has 1 aromatic rings. The van der Waals surface area contributed by atoms with Crippen LogP contribution in [-0.4, -0.2) is 95.3 Å². The van der Waals surface area contributed by atoms with E-state index in [-0.39, 0.29) is 29.9 Å². The van der Waals surface area contributed by atoms with Crippen molar-refractivity contribution in [2.45, 2.75) is 32.3 Å². The molecule has 0 radical (unpaired) electrons. The van der Waals surface area contributed by atoms with E-state index in [1.54, 1.807) is 21.9 Å². The number of amides is 2. The summed E-state index contributed by atoms with van der Waals surface area (Å²) in [5.74, 6) is -0.670. The van der Waals surface area contributed by atoms with E-state index in [2.05, 4.69) is 4.90 Å². The van der Waals surface area contributed by atoms with E-state index in [0.717, 1.165) is 25.9 Å². The molecule has 0 saturated carbocycles. The Morgan fingerprint density at radius 1 is 1.27 bits per heavy atom. The minimum Gasteiger partial charge on any atom is -0.396 e. The van der Waals surface area contributed by atoms with Crippen LogP contribution in [0.5, 0.6) is 0 Å². The van der Waals surface area contributed by atoms with Gasteiger partial charge in [0, 0.05) is 50.6 Å². The van der Waals surface area contributed by atoms with Crippen molar-refractivity contribution in [2.24, 2.45) is 5.41 Å². The van der Waals surface area contributed by atoms with Gasteiger partial charge in [0.2, 0.25) is 11.8 Å². The number of nitrogens with zero attached hydrogens (tertiary/aromatic N) is 3. The van der Waals surface area contributed by atoms with Crippen molar-refractivity contribution < 1.29 is 24.2 Å². The van der Waals surface area contributed by atoms with E-state index in [1.165, 1.54) is 18.2 Å². The van der Waals surface area contributed by atoms with E-state index in [4.69, 9.17) is 11.6 Å². The van der Waals surface area contributed by atoms with Crippen molar-refractivity contribution in [1.29, 1.82) is 0 Å². The molecule has 2 saturated heterocycles. The fraction of sp³-hybridized carbons (Fsp3) is 0.583. The molecule has 2 fully saturated rings. The molecule has 182 valence electrons. The minimum atomic E-state index is -0.561. The van der Waals surface area contributed by atoms with Crippen LogP contribution in [0.15, 0.2) is 24.3 Å². The SMILES string of the molecule is C[C@]1(CO)CCN(CCCN2CCN(C(=O)C=Cc3ccc(F)c(Cl)c3)CCC2=O)C[C@@H]1O. The Morgan fingerprint density at radius 3 is 2.76 bits per heavy atom. The molecule has 0 aromatic heterocycles. The largest absolute Gasteiger partial charge is 0.396 e. The number of hydrogen-bond acceptors (Lipinski definition) is 5. The lowest BCUT2D eigenvalue weighted by atomic mass is 9.79. The topological polar surface area (TPSA) is 84.3 Å². The van der Waals surface area contributed by atoms with Gasteiger partial charge in [-0.1, -0.05) is 24.6 Å². The number of aliphatic hydroxyl groups is 2. The smallest absolute Gasteiger partial charge is 0.246 e. The van der Waals surface area contributed by atoms with Crippen LogP contribution in [0, 0.1) is 11.2 Å². The molecule has 2 atom stereocenters. The summed E-state index contributed by atoms with van der Waals surface area (Å²) in [5.41, 5.74) is 0.189. The Balaban J connectivity index is 1.45. The van der Waals surface area contributed by atoms with Gasteiger partial charge in [-0.2, -0.15) is 0 Å². The number of piperidine rings is 1. The second kappa shape index (κ2) is 11.4. The first-order chi connectivity index (χ1) is 15.7. The Morgan fingerprint density at radius 2 is 2.06 bits per heavy atom. The Hall–Kier alpha value is -2.00. The lowest BCUT2D eigenvalue weighted by Gasteiger charge is -2.42. The molecule has 2 amide bonds. The average molecular weight is 482 g/mol. The van der Waals surface area contributed by atoms with Crippen molar-refractivity contribution in [3.63, 3.8) is 0 Å². The molecule has 0 aliphatic carbocycles. The van der Waals surface area contributed by atoms with Gasteiger partial charge in [0.05, 0.1) is 17.7 Å². The number of halogens is 2. The summed E-state index contributed by atoms with van der Waals surface area (Å²) in [6.07, 6.45) is 4.25. The molecule has 3 rings (SSSR count). The molecule has 0 spiro atoms. The Bertz CT molecular complexity index is 883. The molecule has 2 aliphatic rings. The zero-order chi connectivity index (χ0) is 24.0. The molecule has 1 aromatic carbocycles. The summed E-state index contributed by atoms with van der Waals surface area (Å²) in [4.78, 5) is 30.7. The van der Waals surface area contributed by atoms with E-state index in [9.17, 15) is 24.2 Å². The highest BCUT2D eigenvalue weighted by molar-refractivity contribution is 6.30. The molecular weight excluding hydrogens is 449 g/mol. The van der Waals surface area contributed by atoms with E-state index in [1.807, 2.05) is 6.92 Å². The first-order valence-electron chi connectivity index (χ1n) is 11.4. The number of β-amino-alcohol motifs (C(OH)–C–C–N with tert-alkyl or cyclic N) is 1. The highest BCUT2D eigenvalue weighted by atomic mass is 35.5. The lowest BCUT2D eigenvalue weighted by molar-refractivity contribution is -0.130. The van der Waals surface area contributed by atoms with E-state index >= 15 is 0 Å². The minimum absolute atomic E-state index is 0.00193.